The van der Waals surface area contributed by atoms with Crippen molar-refractivity contribution in [3.8, 4) is 0 Å². The van der Waals surface area contributed by atoms with E-state index < -0.39 is 0 Å². The van der Waals surface area contributed by atoms with Crippen LogP contribution in [0.1, 0.15) is 33.1 Å². The van der Waals surface area contributed by atoms with Gasteiger partial charge in [-0.3, -0.25) is 0 Å². The van der Waals surface area contributed by atoms with Crippen LogP contribution >= 0.6 is 0 Å². The third kappa shape index (κ3) is 1.99. The normalized spacial score (nSPS) is 27.5. The van der Waals surface area contributed by atoms with Gasteiger partial charge in [0.1, 0.15) is 0 Å². The summed E-state index contributed by atoms with van der Waals surface area (Å²) in [6, 6.07) is 0.566. The van der Waals surface area contributed by atoms with Crippen molar-refractivity contribution in [1.29, 1.82) is 0 Å². The summed E-state index contributed by atoms with van der Waals surface area (Å²) in [4.78, 5) is 2.39. The SMILES string of the molecule is CN1CCCCC1C(C)(C)CO. The molecule has 1 aliphatic rings. The highest BCUT2D eigenvalue weighted by Crippen LogP contribution is 2.30. The van der Waals surface area contributed by atoms with E-state index >= 15 is 0 Å². The fraction of sp³-hybridized carbons (Fsp3) is 1.00. The Morgan fingerprint density at radius 2 is 2.08 bits per heavy atom. The zero-order valence-corrected chi connectivity index (χ0v) is 8.51. The van der Waals surface area contributed by atoms with Crippen LogP contribution in [0.2, 0.25) is 0 Å². The molecule has 2 heteroatoms. The van der Waals surface area contributed by atoms with Crippen molar-refractivity contribution in [1.82, 2.24) is 4.90 Å². The Bertz CT molecular complexity index is 145. The van der Waals surface area contributed by atoms with Crippen LogP contribution in [0.25, 0.3) is 0 Å². The van der Waals surface area contributed by atoms with E-state index in [0.717, 1.165) is 0 Å². The second kappa shape index (κ2) is 3.75. The van der Waals surface area contributed by atoms with E-state index in [1.807, 2.05) is 0 Å². The zero-order chi connectivity index (χ0) is 9.19. The Hall–Kier alpha value is -0.0800. The minimum Gasteiger partial charge on any atom is -0.396 e. The van der Waals surface area contributed by atoms with Gasteiger partial charge in [0.25, 0.3) is 0 Å². The minimum absolute atomic E-state index is 0.0647. The molecule has 0 spiro atoms. The van der Waals surface area contributed by atoms with Crippen LogP contribution in [0.3, 0.4) is 0 Å². The van der Waals surface area contributed by atoms with E-state index in [0.29, 0.717) is 12.6 Å². The maximum Gasteiger partial charge on any atom is 0.0497 e. The molecule has 1 unspecified atom stereocenters. The lowest BCUT2D eigenvalue weighted by atomic mass is 9.80. The largest absolute Gasteiger partial charge is 0.396 e. The first-order valence-electron chi connectivity index (χ1n) is 4.89. The molecule has 1 fully saturated rings. The first-order valence-corrected chi connectivity index (χ1v) is 4.89. The lowest BCUT2D eigenvalue weighted by Gasteiger charge is -2.42. The van der Waals surface area contributed by atoms with Crippen LogP contribution in [-0.4, -0.2) is 36.2 Å². The average molecular weight is 171 g/mol. The van der Waals surface area contributed by atoms with Gasteiger partial charge in [-0.15, -0.1) is 0 Å². The molecule has 0 aliphatic carbocycles. The van der Waals surface area contributed by atoms with Crippen molar-refractivity contribution >= 4 is 0 Å². The van der Waals surface area contributed by atoms with Gasteiger partial charge >= 0.3 is 0 Å². The van der Waals surface area contributed by atoms with E-state index in [1.165, 1.54) is 25.8 Å². The average Bonchev–Trinajstić information content (AvgIpc) is 2.05. The molecule has 0 bridgehead atoms. The first-order chi connectivity index (χ1) is 5.58. The van der Waals surface area contributed by atoms with Gasteiger partial charge in [-0.05, 0) is 26.4 Å². The Morgan fingerprint density at radius 3 is 2.58 bits per heavy atom. The van der Waals surface area contributed by atoms with Crippen LogP contribution in [0, 0.1) is 5.41 Å². The summed E-state index contributed by atoms with van der Waals surface area (Å²) in [5.41, 5.74) is 0.0647. The van der Waals surface area contributed by atoms with Gasteiger partial charge in [0.05, 0.1) is 0 Å². The summed E-state index contributed by atoms with van der Waals surface area (Å²) in [7, 11) is 2.17. The second-order valence-electron chi connectivity index (χ2n) is 4.64. The van der Waals surface area contributed by atoms with Crippen molar-refractivity contribution in [2.24, 2.45) is 5.41 Å². The molecule has 72 valence electrons. The first kappa shape index (κ1) is 10.0. The lowest BCUT2D eigenvalue weighted by molar-refractivity contribution is 0.0306. The molecule has 0 saturated carbocycles. The molecule has 0 aromatic carbocycles. The standard InChI is InChI=1S/C10H21NO/c1-10(2,8-12)9-6-4-5-7-11(9)3/h9,12H,4-8H2,1-3H3. The quantitative estimate of drug-likeness (QED) is 0.680. The van der Waals surface area contributed by atoms with E-state index in [-0.39, 0.29) is 5.41 Å². The Balaban J connectivity index is 2.58. The van der Waals surface area contributed by atoms with Crippen LogP contribution in [0.4, 0.5) is 0 Å². The Kier molecular flexibility index (Phi) is 3.13. The molecule has 1 rings (SSSR count). The van der Waals surface area contributed by atoms with Crippen molar-refractivity contribution in [2.45, 2.75) is 39.2 Å². The van der Waals surface area contributed by atoms with E-state index in [9.17, 15) is 5.11 Å². The highest BCUT2D eigenvalue weighted by Gasteiger charge is 2.33. The number of hydrogen-bond donors (Lipinski definition) is 1. The van der Waals surface area contributed by atoms with E-state index in [2.05, 4.69) is 25.8 Å². The van der Waals surface area contributed by atoms with Crippen molar-refractivity contribution in [3.05, 3.63) is 0 Å². The summed E-state index contributed by atoms with van der Waals surface area (Å²) in [5, 5.41) is 9.24. The van der Waals surface area contributed by atoms with Crippen LogP contribution in [0.5, 0.6) is 0 Å². The van der Waals surface area contributed by atoms with Gasteiger partial charge in [0.15, 0.2) is 0 Å². The number of nitrogens with zero attached hydrogens (tertiary/aromatic N) is 1. The van der Waals surface area contributed by atoms with Gasteiger partial charge < -0.3 is 10.0 Å². The molecule has 1 aliphatic heterocycles. The lowest BCUT2D eigenvalue weighted by Crippen LogP contribution is -2.47. The number of likely N-dealkylation sites (tertiary alicyclic amines) is 1. The summed E-state index contributed by atoms with van der Waals surface area (Å²) in [6.45, 7) is 5.79. The molecular weight excluding hydrogens is 150 g/mol. The van der Waals surface area contributed by atoms with E-state index in [1.54, 1.807) is 0 Å². The number of aliphatic hydroxyl groups excluding tert-OH is 1. The number of hydrogen-bond acceptors (Lipinski definition) is 2. The fourth-order valence-electron chi connectivity index (χ4n) is 2.17. The van der Waals surface area contributed by atoms with E-state index in [4.69, 9.17) is 0 Å². The Morgan fingerprint density at radius 1 is 1.42 bits per heavy atom. The van der Waals surface area contributed by atoms with Crippen molar-refractivity contribution in [3.63, 3.8) is 0 Å². The smallest absolute Gasteiger partial charge is 0.0497 e. The molecule has 1 N–H and O–H groups in total. The predicted molar refractivity (Wildman–Crippen MR) is 51.1 cm³/mol. The summed E-state index contributed by atoms with van der Waals surface area (Å²) in [6.07, 6.45) is 3.87. The number of aliphatic hydroxyl groups is 1. The van der Waals surface area contributed by atoms with Gasteiger partial charge in [-0.25, -0.2) is 0 Å². The third-order valence-corrected chi connectivity index (χ3v) is 3.08. The molecule has 1 heterocycles. The summed E-state index contributed by atoms with van der Waals surface area (Å²) < 4.78 is 0. The minimum atomic E-state index is 0.0647. The molecule has 0 aromatic heterocycles. The summed E-state index contributed by atoms with van der Waals surface area (Å²) >= 11 is 0. The predicted octanol–water partition coefficient (Wildman–Crippen LogP) is 1.49. The highest BCUT2D eigenvalue weighted by molar-refractivity contribution is 4.86. The maximum atomic E-state index is 9.24. The second-order valence-corrected chi connectivity index (χ2v) is 4.64. The van der Waals surface area contributed by atoms with Gasteiger partial charge in [0.2, 0.25) is 0 Å². The number of piperidine rings is 1. The van der Waals surface area contributed by atoms with Gasteiger partial charge in [-0.1, -0.05) is 20.3 Å². The highest BCUT2D eigenvalue weighted by atomic mass is 16.3. The Labute approximate surface area is 75.6 Å². The molecule has 1 atom stereocenters. The van der Waals surface area contributed by atoms with Crippen LogP contribution in [0.15, 0.2) is 0 Å². The van der Waals surface area contributed by atoms with Gasteiger partial charge in [-0.2, -0.15) is 0 Å². The number of rotatable bonds is 2. The fourth-order valence-corrected chi connectivity index (χ4v) is 2.17. The van der Waals surface area contributed by atoms with Crippen molar-refractivity contribution < 1.29 is 5.11 Å². The molecule has 0 aromatic rings. The molecule has 0 radical (unpaired) electrons. The summed E-state index contributed by atoms with van der Waals surface area (Å²) in [5.74, 6) is 0. The molecule has 1 saturated heterocycles. The third-order valence-electron chi connectivity index (χ3n) is 3.08. The van der Waals surface area contributed by atoms with Crippen LogP contribution < -0.4 is 0 Å². The molecule has 12 heavy (non-hydrogen) atoms. The topological polar surface area (TPSA) is 23.5 Å². The zero-order valence-electron chi connectivity index (χ0n) is 8.51. The van der Waals surface area contributed by atoms with Gasteiger partial charge in [0, 0.05) is 18.1 Å². The maximum absolute atomic E-state index is 9.24. The van der Waals surface area contributed by atoms with Crippen molar-refractivity contribution in [2.75, 3.05) is 20.2 Å². The molecule has 2 nitrogen and oxygen atoms in total. The molecule has 0 amide bonds. The molecular formula is C10H21NO. The monoisotopic (exact) mass is 171 g/mol. The van der Waals surface area contributed by atoms with Crippen LogP contribution in [-0.2, 0) is 0 Å².